The van der Waals surface area contributed by atoms with Crippen molar-refractivity contribution < 1.29 is 4.79 Å². The van der Waals surface area contributed by atoms with Gasteiger partial charge in [-0.25, -0.2) is 0 Å². The SMILES string of the molecule is CC(C(=O)N1CCCC(N)C1)C1CC1. The third-order valence-electron chi connectivity index (χ3n) is 3.49. The average Bonchev–Trinajstić information content (AvgIpc) is 2.99. The second-order valence-corrected chi connectivity index (χ2v) is 4.81. The number of hydrogen-bond acceptors (Lipinski definition) is 2. The van der Waals surface area contributed by atoms with Crippen molar-refractivity contribution in [3.05, 3.63) is 0 Å². The summed E-state index contributed by atoms with van der Waals surface area (Å²) in [7, 11) is 0. The first-order valence-corrected chi connectivity index (χ1v) is 5.73. The Morgan fingerprint density at radius 2 is 2.14 bits per heavy atom. The predicted molar refractivity (Wildman–Crippen MR) is 55.7 cm³/mol. The van der Waals surface area contributed by atoms with Gasteiger partial charge in [-0.3, -0.25) is 4.79 Å². The summed E-state index contributed by atoms with van der Waals surface area (Å²) in [6, 6.07) is 0.208. The van der Waals surface area contributed by atoms with Crippen LogP contribution in [0.5, 0.6) is 0 Å². The number of carbonyl (C=O) groups excluding carboxylic acids is 1. The van der Waals surface area contributed by atoms with Crippen molar-refractivity contribution in [1.82, 2.24) is 4.90 Å². The molecular formula is C11H20N2O. The van der Waals surface area contributed by atoms with Crippen LogP contribution < -0.4 is 5.73 Å². The number of hydrogen-bond donors (Lipinski definition) is 1. The minimum Gasteiger partial charge on any atom is -0.341 e. The normalized spacial score (nSPS) is 30.1. The molecule has 0 aromatic heterocycles. The summed E-state index contributed by atoms with van der Waals surface area (Å²) in [6.07, 6.45) is 4.63. The zero-order valence-corrected chi connectivity index (χ0v) is 8.91. The van der Waals surface area contributed by atoms with Crippen LogP contribution in [0.4, 0.5) is 0 Å². The molecule has 0 spiro atoms. The molecule has 0 aromatic carbocycles. The van der Waals surface area contributed by atoms with Crippen molar-refractivity contribution in [3.63, 3.8) is 0 Å². The van der Waals surface area contributed by atoms with Crippen LogP contribution in [0.15, 0.2) is 0 Å². The Kier molecular flexibility index (Phi) is 2.77. The zero-order valence-electron chi connectivity index (χ0n) is 8.91. The highest BCUT2D eigenvalue weighted by Gasteiger charge is 2.35. The molecule has 0 aromatic rings. The molecule has 1 heterocycles. The third-order valence-corrected chi connectivity index (χ3v) is 3.49. The highest BCUT2D eigenvalue weighted by Crippen LogP contribution is 2.37. The van der Waals surface area contributed by atoms with E-state index in [4.69, 9.17) is 5.73 Å². The van der Waals surface area contributed by atoms with Gasteiger partial charge in [0.25, 0.3) is 0 Å². The van der Waals surface area contributed by atoms with Gasteiger partial charge in [0.2, 0.25) is 5.91 Å². The van der Waals surface area contributed by atoms with E-state index >= 15 is 0 Å². The molecule has 1 saturated carbocycles. The Hall–Kier alpha value is -0.570. The van der Waals surface area contributed by atoms with Crippen molar-refractivity contribution in [3.8, 4) is 0 Å². The lowest BCUT2D eigenvalue weighted by Gasteiger charge is -2.32. The minimum atomic E-state index is 0.208. The molecule has 2 atom stereocenters. The van der Waals surface area contributed by atoms with Gasteiger partial charge in [-0.05, 0) is 31.6 Å². The van der Waals surface area contributed by atoms with Crippen LogP contribution in [0.3, 0.4) is 0 Å². The summed E-state index contributed by atoms with van der Waals surface area (Å²) in [4.78, 5) is 14.0. The summed E-state index contributed by atoms with van der Waals surface area (Å²) in [5.41, 5.74) is 5.86. The molecule has 3 heteroatoms. The van der Waals surface area contributed by atoms with Gasteiger partial charge >= 0.3 is 0 Å². The number of piperidine rings is 1. The summed E-state index contributed by atoms with van der Waals surface area (Å²) in [6.45, 7) is 3.76. The largest absolute Gasteiger partial charge is 0.341 e. The Morgan fingerprint density at radius 3 is 2.71 bits per heavy atom. The molecule has 2 fully saturated rings. The lowest BCUT2D eigenvalue weighted by Crippen LogP contribution is -2.47. The van der Waals surface area contributed by atoms with Crippen molar-refractivity contribution in [2.75, 3.05) is 13.1 Å². The van der Waals surface area contributed by atoms with Gasteiger partial charge in [-0.1, -0.05) is 6.92 Å². The van der Waals surface area contributed by atoms with E-state index in [2.05, 4.69) is 6.92 Å². The van der Waals surface area contributed by atoms with Crippen LogP contribution >= 0.6 is 0 Å². The molecule has 3 nitrogen and oxygen atoms in total. The van der Waals surface area contributed by atoms with Crippen LogP contribution in [-0.2, 0) is 4.79 Å². The van der Waals surface area contributed by atoms with Gasteiger partial charge in [0.05, 0.1) is 0 Å². The summed E-state index contributed by atoms with van der Waals surface area (Å²) >= 11 is 0. The second-order valence-electron chi connectivity index (χ2n) is 4.81. The van der Waals surface area contributed by atoms with Crippen LogP contribution in [0.1, 0.15) is 32.6 Å². The number of carbonyl (C=O) groups is 1. The standard InChI is InChI=1S/C11H20N2O/c1-8(9-4-5-9)11(14)13-6-2-3-10(12)7-13/h8-10H,2-7,12H2,1H3. The van der Waals surface area contributed by atoms with Gasteiger partial charge in [0.1, 0.15) is 0 Å². The molecule has 1 aliphatic heterocycles. The Labute approximate surface area is 85.6 Å². The Balaban J connectivity index is 1.89. The first-order chi connectivity index (χ1) is 6.68. The first kappa shape index (κ1) is 9.97. The van der Waals surface area contributed by atoms with Gasteiger partial charge < -0.3 is 10.6 Å². The number of rotatable bonds is 2. The van der Waals surface area contributed by atoms with Crippen LogP contribution in [0.25, 0.3) is 0 Å². The lowest BCUT2D eigenvalue weighted by molar-refractivity contribution is -0.136. The predicted octanol–water partition coefficient (Wildman–Crippen LogP) is 0.982. The maximum Gasteiger partial charge on any atom is 0.225 e. The van der Waals surface area contributed by atoms with Crippen molar-refractivity contribution in [2.45, 2.75) is 38.6 Å². The van der Waals surface area contributed by atoms with E-state index in [0.29, 0.717) is 11.8 Å². The molecule has 0 bridgehead atoms. The Bertz CT molecular complexity index is 225. The number of amides is 1. The van der Waals surface area contributed by atoms with E-state index in [1.165, 1.54) is 12.8 Å². The molecule has 1 amide bonds. The number of likely N-dealkylation sites (tertiary alicyclic amines) is 1. The van der Waals surface area contributed by atoms with E-state index in [1.54, 1.807) is 0 Å². The molecule has 2 unspecified atom stereocenters. The number of nitrogens with zero attached hydrogens (tertiary/aromatic N) is 1. The van der Waals surface area contributed by atoms with Crippen molar-refractivity contribution in [1.29, 1.82) is 0 Å². The molecule has 2 aliphatic rings. The van der Waals surface area contributed by atoms with E-state index in [1.807, 2.05) is 4.90 Å². The van der Waals surface area contributed by atoms with E-state index in [9.17, 15) is 4.79 Å². The average molecular weight is 196 g/mol. The van der Waals surface area contributed by atoms with E-state index < -0.39 is 0 Å². The fraction of sp³-hybridized carbons (Fsp3) is 0.909. The molecule has 0 radical (unpaired) electrons. The Morgan fingerprint density at radius 1 is 1.43 bits per heavy atom. The fourth-order valence-corrected chi connectivity index (χ4v) is 2.30. The van der Waals surface area contributed by atoms with Gasteiger partial charge in [-0.2, -0.15) is 0 Å². The van der Waals surface area contributed by atoms with Gasteiger partial charge in [0, 0.05) is 25.0 Å². The van der Waals surface area contributed by atoms with Crippen LogP contribution in [0.2, 0.25) is 0 Å². The summed E-state index contributed by atoms with van der Waals surface area (Å²) in [5, 5.41) is 0. The maximum absolute atomic E-state index is 12.0. The summed E-state index contributed by atoms with van der Waals surface area (Å²) in [5.74, 6) is 1.24. The van der Waals surface area contributed by atoms with Crippen molar-refractivity contribution in [2.24, 2.45) is 17.6 Å². The molecule has 1 saturated heterocycles. The number of nitrogens with two attached hydrogens (primary N) is 1. The van der Waals surface area contributed by atoms with E-state index in [-0.39, 0.29) is 12.0 Å². The smallest absolute Gasteiger partial charge is 0.225 e. The molecule has 14 heavy (non-hydrogen) atoms. The lowest BCUT2D eigenvalue weighted by atomic mass is 10.0. The minimum absolute atomic E-state index is 0.208. The molecule has 1 aliphatic carbocycles. The van der Waals surface area contributed by atoms with Gasteiger partial charge in [-0.15, -0.1) is 0 Å². The first-order valence-electron chi connectivity index (χ1n) is 5.73. The maximum atomic E-state index is 12.0. The molecule has 80 valence electrons. The molecule has 2 N–H and O–H groups in total. The second kappa shape index (κ2) is 3.89. The monoisotopic (exact) mass is 196 g/mol. The highest BCUT2D eigenvalue weighted by atomic mass is 16.2. The zero-order chi connectivity index (χ0) is 10.1. The highest BCUT2D eigenvalue weighted by molar-refractivity contribution is 5.79. The van der Waals surface area contributed by atoms with Crippen LogP contribution in [0, 0.1) is 11.8 Å². The van der Waals surface area contributed by atoms with Crippen LogP contribution in [-0.4, -0.2) is 29.9 Å². The molecular weight excluding hydrogens is 176 g/mol. The summed E-state index contributed by atoms with van der Waals surface area (Å²) < 4.78 is 0. The van der Waals surface area contributed by atoms with Crippen molar-refractivity contribution >= 4 is 5.91 Å². The van der Waals surface area contributed by atoms with Gasteiger partial charge in [0.15, 0.2) is 0 Å². The third kappa shape index (κ3) is 2.08. The topological polar surface area (TPSA) is 46.3 Å². The van der Waals surface area contributed by atoms with E-state index in [0.717, 1.165) is 25.9 Å². The quantitative estimate of drug-likeness (QED) is 0.715. The fourth-order valence-electron chi connectivity index (χ4n) is 2.30. The molecule has 2 rings (SSSR count).